The molecule has 0 saturated carbocycles. The molecule has 0 unspecified atom stereocenters. The molecule has 2 rings (SSSR count). The Morgan fingerprint density at radius 3 is 2.52 bits per heavy atom. The molecule has 3 nitrogen and oxygen atoms in total. The Labute approximate surface area is 133 Å². The lowest BCUT2D eigenvalue weighted by atomic mass is 10.2. The summed E-state index contributed by atoms with van der Waals surface area (Å²) in [6.07, 6.45) is -4.56. The summed E-state index contributed by atoms with van der Waals surface area (Å²) in [5.74, 6) is -1.57. The first-order chi connectivity index (χ1) is 10.8. The van der Waals surface area contributed by atoms with Crippen LogP contribution in [0.2, 0.25) is 5.02 Å². The Morgan fingerprint density at radius 1 is 1.17 bits per heavy atom. The number of para-hydroxylation sites is 1. The van der Waals surface area contributed by atoms with Gasteiger partial charge in [0, 0.05) is 0 Å². The number of amides is 1. The van der Waals surface area contributed by atoms with Crippen molar-refractivity contribution in [2.45, 2.75) is 6.18 Å². The zero-order chi connectivity index (χ0) is 17.0. The van der Waals surface area contributed by atoms with E-state index in [-0.39, 0.29) is 16.5 Å². The topological polar surface area (TPSA) is 38.3 Å². The van der Waals surface area contributed by atoms with Crippen molar-refractivity contribution < 1.29 is 27.1 Å². The van der Waals surface area contributed by atoms with Gasteiger partial charge >= 0.3 is 6.18 Å². The van der Waals surface area contributed by atoms with E-state index in [0.717, 1.165) is 18.2 Å². The molecule has 0 fully saturated rings. The van der Waals surface area contributed by atoms with Crippen molar-refractivity contribution in [1.29, 1.82) is 0 Å². The number of carbonyl (C=O) groups is 1. The molecule has 23 heavy (non-hydrogen) atoms. The second-order valence-corrected chi connectivity index (χ2v) is 4.87. The Hall–Kier alpha value is -2.28. The van der Waals surface area contributed by atoms with Gasteiger partial charge in [-0.05, 0) is 30.3 Å². The molecule has 1 amide bonds. The van der Waals surface area contributed by atoms with Crippen molar-refractivity contribution in [2.24, 2.45) is 0 Å². The number of nitrogens with one attached hydrogen (secondary N) is 1. The predicted octanol–water partition coefficient (Wildman–Crippen LogP) is 4.52. The molecule has 0 aliphatic heterocycles. The zero-order valence-corrected chi connectivity index (χ0v) is 12.2. The second kappa shape index (κ2) is 6.87. The normalized spacial score (nSPS) is 11.2. The fourth-order valence-corrected chi connectivity index (χ4v) is 1.85. The summed E-state index contributed by atoms with van der Waals surface area (Å²) in [7, 11) is 0. The van der Waals surface area contributed by atoms with Gasteiger partial charge in [-0.25, -0.2) is 4.39 Å². The molecule has 8 heteroatoms. The number of carbonyl (C=O) groups excluding carboxylic acids is 1. The lowest BCUT2D eigenvalue weighted by Crippen LogP contribution is -2.21. The van der Waals surface area contributed by atoms with Crippen LogP contribution in [0.3, 0.4) is 0 Å². The van der Waals surface area contributed by atoms with Gasteiger partial charge in [0.25, 0.3) is 5.91 Å². The van der Waals surface area contributed by atoms with Crippen LogP contribution in [0.25, 0.3) is 0 Å². The summed E-state index contributed by atoms with van der Waals surface area (Å²) < 4.78 is 56.2. The van der Waals surface area contributed by atoms with Crippen molar-refractivity contribution in [3.8, 4) is 5.75 Å². The number of anilines is 1. The van der Waals surface area contributed by atoms with Crippen molar-refractivity contribution >= 4 is 23.2 Å². The molecule has 0 aromatic heterocycles. The molecule has 1 N–H and O–H groups in total. The van der Waals surface area contributed by atoms with Crippen LogP contribution in [0.1, 0.15) is 5.56 Å². The van der Waals surface area contributed by atoms with Crippen LogP contribution in [0.4, 0.5) is 23.2 Å². The molecule has 0 radical (unpaired) electrons. The van der Waals surface area contributed by atoms with Crippen molar-refractivity contribution in [2.75, 3.05) is 11.9 Å². The SMILES string of the molecule is O=C(COc1ccccc1F)Nc1cc(C(F)(F)F)ccc1Cl. The van der Waals surface area contributed by atoms with Gasteiger partial charge in [-0.1, -0.05) is 23.7 Å². The van der Waals surface area contributed by atoms with E-state index >= 15 is 0 Å². The minimum atomic E-state index is -4.56. The fraction of sp³-hybridized carbons (Fsp3) is 0.133. The average molecular weight is 348 g/mol. The van der Waals surface area contributed by atoms with Crippen LogP contribution in [-0.2, 0) is 11.0 Å². The molecule has 0 saturated heterocycles. The van der Waals surface area contributed by atoms with Crippen LogP contribution >= 0.6 is 11.6 Å². The maximum atomic E-state index is 13.3. The summed E-state index contributed by atoms with van der Waals surface area (Å²) in [5, 5.41) is 2.14. The molecule has 0 aliphatic carbocycles. The zero-order valence-electron chi connectivity index (χ0n) is 11.5. The largest absolute Gasteiger partial charge is 0.481 e. The first kappa shape index (κ1) is 17.1. The van der Waals surface area contributed by atoms with E-state index in [0.29, 0.717) is 6.07 Å². The highest BCUT2D eigenvalue weighted by Gasteiger charge is 2.31. The first-order valence-electron chi connectivity index (χ1n) is 6.31. The van der Waals surface area contributed by atoms with E-state index in [1.807, 2.05) is 0 Å². The van der Waals surface area contributed by atoms with Crippen LogP contribution < -0.4 is 10.1 Å². The van der Waals surface area contributed by atoms with Crippen LogP contribution in [0.15, 0.2) is 42.5 Å². The number of hydrogen-bond donors (Lipinski definition) is 1. The predicted molar refractivity (Wildman–Crippen MR) is 77.0 cm³/mol. The molecule has 0 aliphatic rings. The number of halogens is 5. The Kier molecular flexibility index (Phi) is 5.10. The van der Waals surface area contributed by atoms with E-state index in [1.54, 1.807) is 0 Å². The molecular weight excluding hydrogens is 338 g/mol. The lowest BCUT2D eigenvalue weighted by molar-refractivity contribution is -0.137. The van der Waals surface area contributed by atoms with Gasteiger partial charge in [0.1, 0.15) is 0 Å². The third-order valence-corrected chi connectivity index (χ3v) is 3.09. The Morgan fingerprint density at radius 2 is 1.87 bits per heavy atom. The molecule has 0 bridgehead atoms. The third-order valence-electron chi connectivity index (χ3n) is 2.76. The van der Waals surface area contributed by atoms with Crippen LogP contribution in [-0.4, -0.2) is 12.5 Å². The van der Waals surface area contributed by atoms with E-state index in [9.17, 15) is 22.4 Å². The number of hydrogen-bond acceptors (Lipinski definition) is 2. The van der Waals surface area contributed by atoms with Crippen molar-refractivity contribution in [1.82, 2.24) is 0 Å². The third kappa shape index (κ3) is 4.59. The first-order valence-corrected chi connectivity index (χ1v) is 6.69. The van der Waals surface area contributed by atoms with Crippen LogP contribution in [0.5, 0.6) is 5.75 Å². The Bertz CT molecular complexity index is 719. The number of alkyl halides is 3. The summed E-state index contributed by atoms with van der Waals surface area (Å²) in [6, 6.07) is 7.97. The van der Waals surface area contributed by atoms with Gasteiger partial charge in [-0.2, -0.15) is 13.2 Å². The van der Waals surface area contributed by atoms with Gasteiger partial charge in [0.2, 0.25) is 0 Å². The number of ether oxygens (including phenoxy) is 1. The number of rotatable bonds is 4. The van der Waals surface area contributed by atoms with E-state index in [1.165, 1.54) is 18.2 Å². The smallest absolute Gasteiger partial charge is 0.416 e. The van der Waals surface area contributed by atoms with Gasteiger partial charge in [0.15, 0.2) is 18.2 Å². The molecule has 0 heterocycles. The molecular formula is C15H10ClF4NO2. The van der Waals surface area contributed by atoms with Gasteiger partial charge in [-0.3, -0.25) is 4.79 Å². The summed E-state index contributed by atoms with van der Waals surface area (Å²) >= 11 is 5.75. The van der Waals surface area contributed by atoms with E-state index < -0.39 is 30.1 Å². The second-order valence-electron chi connectivity index (χ2n) is 4.46. The fourth-order valence-electron chi connectivity index (χ4n) is 1.69. The van der Waals surface area contributed by atoms with Gasteiger partial charge < -0.3 is 10.1 Å². The lowest BCUT2D eigenvalue weighted by Gasteiger charge is -2.12. The molecule has 0 atom stereocenters. The van der Waals surface area contributed by atoms with Gasteiger partial charge in [-0.15, -0.1) is 0 Å². The highest BCUT2D eigenvalue weighted by atomic mass is 35.5. The Balaban J connectivity index is 2.04. The standard InChI is InChI=1S/C15H10ClF4NO2/c16-10-6-5-9(15(18,19)20)7-12(10)21-14(22)8-23-13-4-2-1-3-11(13)17/h1-7H,8H2,(H,21,22). The quantitative estimate of drug-likeness (QED) is 0.826. The van der Waals surface area contributed by atoms with E-state index in [4.69, 9.17) is 16.3 Å². The number of benzene rings is 2. The summed E-state index contributed by atoms with van der Waals surface area (Å²) in [4.78, 5) is 11.7. The average Bonchev–Trinajstić information content (AvgIpc) is 2.47. The molecule has 2 aromatic carbocycles. The highest BCUT2D eigenvalue weighted by Crippen LogP contribution is 2.33. The van der Waals surface area contributed by atoms with E-state index in [2.05, 4.69) is 5.32 Å². The minimum absolute atomic E-state index is 0.0581. The van der Waals surface area contributed by atoms with Crippen molar-refractivity contribution in [3.63, 3.8) is 0 Å². The summed E-state index contributed by atoms with van der Waals surface area (Å²) in [6.45, 7) is -0.576. The monoisotopic (exact) mass is 347 g/mol. The molecule has 122 valence electrons. The molecule has 0 spiro atoms. The van der Waals surface area contributed by atoms with Crippen LogP contribution in [0, 0.1) is 5.82 Å². The maximum absolute atomic E-state index is 13.3. The summed E-state index contributed by atoms with van der Waals surface area (Å²) in [5.41, 5.74) is -1.16. The maximum Gasteiger partial charge on any atom is 0.416 e. The minimum Gasteiger partial charge on any atom is -0.481 e. The highest BCUT2D eigenvalue weighted by molar-refractivity contribution is 6.33. The van der Waals surface area contributed by atoms with Gasteiger partial charge in [0.05, 0.1) is 16.3 Å². The van der Waals surface area contributed by atoms with Crippen molar-refractivity contribution in [3.05, 3.63) is 58.9 Å². The molecule has 2 aromatic rings.